The molecule has 1 atom stereocenters. The Kier molecular flexibility index (Phi) is 4.89. The van der Waals surface area contributed by atoms with Gasteiger partial charge in [-0.05, 0) is 31.2 Å². The minimum atomic E-state index is -0.757. The fraction of sp³-hybridized carbons (Fsp3) is 0.105. The molecule has 0 saturated carbocycles. The van der Waals surface area contributed by atoms with Crippen LogP contribution in [-0.4, -0.2) is 22.9 Å². The van der Waals surface area contributed by atoms with Crippen LogP contribution in [0.1, 0.15) is 17.4 Å². The lowest BCUT2D eigenvalue weighted by atomic mass is 10.2. The van der Waals surface area contributed by atoms with Gasteiger partial charge in [0.25, 0.3) is 11.8 Å². The Bertz CT molecular complexity index is 897. The molecular formula is C19H17N3O3. The second-order valence-electron chi connectivity index (χ2n) is 5.41. The standard InChI is InChI=1S/C19H17N3O3/c1-13(25-15-8-3-2-4-9-15)18(23)21-22-19(24)17-12-11-14-7-5-6-10-16(14)20-17/h2-13H,1H3,(H,21,23)(H,22,24). The molecule has 0 aliphatic carbocycles. The summed E-state index contributed by atoms with van der Waals surface area (Å²) in [4.78, 5) is 28.4. The zero-order valence-corrected chi connectivity index (χ0v) is 13.6. The maximum Gasteiger partial charge on any atom is 0.288 e. The van der Waals surface area contributed by atoms with Crippen molar-refractivity contribution in [3.05, 3.63) is 72.4 Å². The van der Waals surface area contributed by atoms with Crippen molar-refractivity contribution in [1.29, 1.82) is 0 Å². The van der Waals surface area contributed by atoms with Gasteiger partial charge < -0.3 is 4.74 Å². The molecule has 0 spiro atoms. The Balaban J connectivity index is 1.58. The number of benzene rings is 2. The lowest BCUT2D eigenvalue weighted by molar-refractivity contribution is -0.128. The number of ether oxygens (including phenoxy) is 1. The van der Waals surface area contributed by atoms with Crippen molar-refractivity contribution in [3.63, 3.8) is 0 Å². The second kappa shape index (κ2) is 7.44. The molecule has 3 aromatic rings. The van der Waals surface area contributed by atoms with Gasteiger partial charge in [-0.25, -0.2) is 4.98 Å². The number of para-hydroxylation sites is 2. The van der Waals surface area contributed by atoms with Crippen LogP contribution in [0.25, 0.3) is 10.9 Å². The topological polar surface area (TPSA) is 80.3 Å². The first-order valence-corrected chi connectivity index (χ1v) is 7.81. The number of aromatic nitrogens is 1. The van der Waals surface area contributed by atoms with Gasteiger partial charge in [0, 0.05) is 5.39 Å². The minimum absolute atomic E-state index is 0.218. The number of nitrogens with one attached hydrogen (secondary N) is 2. The molecule has 3 rings (SSSR count). The van der Waals surface area contributed by atoms with E-state index in [0.29, 0.717) is 11.3 Å². The Morgan fingerprint density at radius 2 is 1.64 bits per heavy atom. The third kappa shape index (κ3) is 4.11. The van der Waals surface area contributed by atoms with Crippen LogP contribution in [0, 0.1) is 0 Å². The number of pyridine rings is 1. The largest absolute Gasteiger partial charge is 0.481 e. The van der Waals surface area contributed by atoms with Gasteiger partial charge >= 0.3 is 0 Å². The minimum Gasteiger partial charge on any atom is -0.481 e. The predicted octanol–water partition coefficient (Wildman–Crippen LogP) is 2.46. The van der Waals surface area contributed by atoms with E-state index in [9.17, 15) is 9.59 Å². The first-order valence-electron chi connectivity index (χ1n) is 7.81. The lowest BCUT2D eigenvalue weighted by Crippen LogP contribution is -2.47. The molecule has 0 aliphatic rings. The van der Waals surface area contributed by atoms with Crippen molar-refractivity contribution in [1.82, 2.24) is 15.8 Å². The molecule has 1 aromatic heterocycles. The van der Waals surface area contributed by atoms with Crippen LogP contribution in [-0.2, 0) is 4.79 Å². The molecular weight excluding hydrogens is 318 g/mol. The Morgan fingerprint density at radius 1 is 0.920 bits per heavy atom. The number of hydrogen-bond donors (Lipinski definition) is 2. The summed E-state index contributed by atoms with van der Waals surface area (Å²) < 4.78 is 5.49. The third-order valence-electron chi connectivity index (χ3n) is 3.56. The molecule has 0 radical (unpaired) electrons. The predicted molar refractivity (Wildman–Crippen MR) is 93.9 cm³/mol. The van der Waals surface area contributed by atoms with E-state index in [4.69, 9.17) is 4.74 Å². The molecule has 6 heteroatoms. The molecule has 0 bridgehead atoms. The molecule has 2 aromatic carbocycles. The van der Waals surface area contributed by atoms with E-state index in [1.807, 2.05) is 42.5 Å². The third-order valence-corrected chi connectivity index (χ3v) is 3.56. The molecule has 0 fully saturated rings. The zero-order valence-electron chi connectivity index (χ0n) is 13.6. The molecule has 1 unspecified atom stereocenters. The fourth-order valence-electron chi connectivity index (χ4n) is 2.23. The van der Waals surface area contributed by atoms with Crippen molar-refractivity contribution < 1.29 is 14.3 Å². The van der Waals surface area contributed by atoms with Crippen LogP contribution < -0.4 is 15.6 Å². The van der Waals surface area contributed by atoms with Crippen LogP contribution in [0.4, 0.5) is 0 Å². The monoisotopic (exact) mass is 335 g/mol. The number of carbonyl (C=O) groups is 2. The summed E-state index contributed by atoms with van der Waals surface area (Å²) in [5.74, 6) is -0.378. The summed E-state index contributed by atoms with van der Waals surface area (Å²) in [7, 11) is 0. The second-order valence-corrected chi connectivity index (χ2v) is 5.41. The van der Waals surface area contributed by atoms with Gasteiger partial charge in [0.15, 0.2) is 6.10 Å². The molecule has 2 amide bonds. The van der Waals surface area contributed by atoms with E-state index in [1.165, 1.54) is 0 Å². The molecule has 126 valence electrons. The van der Waals surface area contributed by atoms with Gasteiger partial charge in [-0.3, -0.25) is 20.4 Å². The number of rotatable bonds is 4. The number of nitrogens with zero attached hydrogens (tertiary/aromatic N) is 1. The maximum atomic E-state index is 12.1. The molecule has 25 heavy (non-hydrogen) atoms. The summed E-state index contributed by atoms with van der Waals surface area (Å²) in [6.07, 6.45) is -0.757. The number of hydrazine groups is 1. The number of fused-ring (bicyclic) bond motifs is 1. The van der Waals surface area contributed by atoms with Gasteiger partial charge in [0.05, 0.1) is 5.52 Å². The number of amides is 2. The van der Waals surface area contributed by atoms with Gasteiger partial charge in [-0.15, -0.1) is 0 Å². The smallest absolute Gasteiger partial charge is 0.288 e. The highest BCUT2D eigenvalue weighted by molar-refractivity contribution is 5.96. The highest BCUT2D eigenvalue weighted by Crippen LogP contribution is 2.12. The molecule has 2 N–H and O–H groups in total. The van der Waals surface area contributed by atoms with E-state index in [2.05, 4.69) is 15.8 Å². The van der Waals surface area contributed by atoms with Crippen LogP contribution in [0.15, 0.2) is 66.7 Å². The summed E-state index contributed by atoms with van der Waals surface area (Å²) in [6, 6.07) is 19.9. The highest BCUT2D eigenvalue weighted by Gasteiger charge is 2.16. The van der Waals surface area contributed by atoms with E-state index >= 15 is 0 Å². The molecule has 0 aliphatic heterocycles. The lowest BCUT2D eigenvalue weighted by Gasteiger charge is -2.15. The van der Waals surface area contributed by atoms with Gasteiger partial charge in [0.2, 0.25) is 0 Å². The Labute approximate surface area is 144 Å². The molecule has 6 nitrogen and oxygen atoms in total. The summed E-state index contributed by atoms with van der Waals surface area (Å²) >= 11 is 0. The van der Waals surface area contributed by atoms with Crippen molar-refractivity contribution in [2.24, 2.45) is 0 Å². The van der Waals surface area contributed by atoms with Gasteiger partial charge in [-0.1, -0.05) is 42.5 Å². The summed E-state index contributed by atoms with van der Waals surface area (Å²) in [5, 5.41) is 0.938. The quantitative estimate of drug-likeness (QED) is 0.718. The van der Waals surface area contributed by atoms with Crippen molar-refractivity contribution in [3.8, 4) is 5.75 Å². The SMILES string of the molecule is CC(Oc1ccccc1)C(=O)NNC(=O)c1ccc2ccccc2n1. The van der Waals surface area contributed by atoms with Gasteiger partial charge in [-0.2, -0.15) is 0 Å². The van der Waals surface area contributed by atoms with Gasteiger partial charge in [0.1, 0.15) is 11.4 Å². The van der Waals surface area contributed by atoms with Crippen LogP contribution in [0.2, 0.25) is 0 Å². The van der Waals surface area contributed by atoms with E-state index in [0.717, 1.165) is 5.39 Å². The summed E-state index contributed by atoms with van der Waals surface area (Å²) in [6.45, 7) is 1.60. The Hall–Kier alpha value is -3.41. The van der Waals surface area contributed by atoms with Crippen LogP contribution >= 0.6 is 0 Å². The van der Waals surface area contributed by atoms with Crippen LogP contribution in [0.3, 0.4) is 0 Å². The Morgan fingerprint density at radius 3 is 2.44 bits per heavy atom. The summed E-state index contributed by atoms with van der Waals surface area (Å²) in [5.41, 5.74) is 5.62. The van der Waals surface area contributed by atoms with E-state index in [-0.39, 0.29) is 5.69 Å². The average Bonchev–Trinajstić information content (AvgIpc) is 2.66. The van der Waals surface area contributed by atoms with Crippen molar-refractivity contribution >= 4 is 22.7 Å². The first-order chi connectivity index (χ1) is 12.1. The van der Waals surface area contributed by atoms with Crippen molar-refractivity contribution in [2.45, 2.75) is 13.0 Å². The normalized spacial score (nSPS) is 11.6. The molecule has 0 saturated heterocycles. The van der Waals surface area contributed by atoms with Crippen LogP contribution in [0.5, 0.6) is 5.75 Å². The fourth-order valence-corrected chi connectivity index (χ4v) is 2.23. The first kappa shape index (κ1) is 16.4. The van der Waals surface area contributed by atoms with E-state index < -0.39 is 17.9 Å². The number of carbonyl (C=O) groups excluding carboxylic acids is 2. The average molecular weight is 335 g/mol. The zero-order chi connectivity index (χ0) is 17.6. The van der Waals surface area contributed by atoms with Crippen molar-refractivity contribution in [2.75, 3.05) is 0 Å². The highest BCUT2D eigenvalue weighted by atomic mass is 16.5. The maximum absolute atomic E-state index is 12.1. The number of hydrogen-bond acceptors (Lipinski definition) is 4. The molecule has 1 heterocycles. The van der Waals surface area contributed by atoms with E-state index in [1.54, 1.807) is 31.2 Å².